The first-order valence-corrected chi connectivity index (χ1v) is 10.6. The molecule has 2 heterocycles. The number of hydrogen-bond donors (Lipinski definition) is 1. The third-order valence-corrected chi connectivity index (χ3v) is 5.49. The van der Waals surface area contributed by atoms with Crippen LogP contribution in [-0.2, 0) is 16.0 Å². The van der Waals surface area contributed by atoms with Crippen molar-refractivity contribution in [3.05, 3.63) is 65.2 Å². The van der Waals surface area contributed by atoms with Gasteiger partial charge in [-0.25, -0.2) is 9.78 Å². The number of nitrogens with zero attached hydrogens (tertiary/aromatic N) is 1. The molecule has 4 rings (SSSR count). The lowest BCUT2D eigenvalue weighted by molar-refractivity contribution is -0.128. The highest BCUT2D eigenvalue weighted by Gasteiger charge is 2.30. The SMILES string of the molecule is CCNC(=O)[C@H](C)OC(=O)c1c2c(nc3ccccc13)/C(=C\c1ccco1)C[C@@H](C)C2. The summed E-state index contributed by atoms with van der Waals surface area (Å²) in [4.78, 5) is 30.3. The van der Waals surface area contributed by atoms with Crippen LogP contribution >= 0.6 is 0 Å². The maximum absolute atomic E-state index is 13.3. The van der Waals surface area contributed by atoms with Crippen molar-refractivity contribution >= 4 is 34.4 Å². The molecule has 0 saturated heterocycles. The molecule has 31 heavy (non-hydrogen) atoms. The molecule has 160 valence electrons. The van der Waals surface area contributed by atoms with Gasteiger partial charge in [-0.3, -0.25) is 4.79 Å². The van der Waals surface area contributed by atoms with E-state index >= 15 is 0 Å². The van der Waals surface area contributed by atoms with Gasteiger partial charge in [-0.2, -0.15) is 0 Å². The van der Waals surface area contributed by atoms with E-state index in [2.05, 4.69) is 12.2 Å². The number of nitrogens with one attached hydrogen (secondary N) is 1. The molecule has 2 aromatic heterocycles. The number of hydrogen-bond acceptors (Lipinski definition) is 5. The predicted molar refractivity (Wildman–Crippen MR) is 119 cm³/mol. The van der Waals surface area contributed by atoms with Crippen LogP contribution in [0.5, 0.6) is 0 Å². The van der Waals surface area contributed by atoms with E-state index in [1.165, 1.54) is 0 Å². The molecule has 1 aliphatic rings. The zero-order chi connectivity index (χ0) is 22.0. The summed E-state index contributed by atoms with van der Waals surface area (Å²) in [5.41, 5.74) is 3.90. The topological polar surface area (TPSA) is 81.4 Å². The van der Waals surface area contributed by atoms with Gasteiger partial charge in [0.05, 0.1) is 23.0 Å². The molecule has 0 unspecified atom stereocenters. The Bertz CT molecular complexity index is 1150. The summed E-state index contributed by atoms with van der Waals surface area (Å²) in [5, 5.41) is 3.43. The minimum absolute atomic E-state index is 0.310. The molecule has 6 nitrogen and oxygen atoms in total. The van der Waals surface area contributed by atoms with E-state index in [1.807, 2.05) is 49.4 Å². The summed E-state index contributed by atoms with van der Waals surface area (Å²) in [6.45, 7) is 6.05. The molecule has 1 aliphatic carbocycles. The van der Waals surface area contributed by atoms with Crippen molar-refractivity contribution in [1.82, 2.24) is 10.3 Å². The van der Waals surface area contributed by atoms with E-state index in [0.717, 1.165) is 39.9 Å². The molecule has 0 fully saturated rings. The Labute approximate surface area is 181 Å². The number of esters is 1. The molecule has 0 spiro atoms. The van der Waals surface area contributed by atoms with Crippen LogP contribution in [0, 0.1) is 5.92 Å². The Morgan fingerprint density at radius 1 is 1.26 bits per heavy atom. The number of aromatic nitrogens is 1. The number of rotatable bonds is 5. The molecule has 0 saturated carbocycles. The Balaban J connectivity index is 1.84. The first-order valence-electron chi connectivity index (χ1n) is 10.6. The molecule has 6 heteroatoms. The number of benzene rings is 1. The minimum atomic E-state index is -0.880. The number of furan rings is 1. The summed E-state index contributed by atoms with van der Waals surface area (Å²) in [7, 11) is 0. The van der Waals surface area contributed by atoms with Crippen molar-refractivity contribution in [2.24, 2.45) is 5.92 Å². The van der Waals surface area contributed by atoms with Crippen LogP contribution in [0.4, 0.5) is 0 Å². The van der Waals surface area contributed by atoms with Crippen LogP contribution in [0.15, 0.2) is 47.1 Å². The summed E-state index contributed by atoms with van der Waals surface area (Å²) < 4.78 is 11.1. The molecule has 1 amide bonds. The zero-order valence-corrected chi connectivity index (χ0v) is 18.0. The lowest BCUT2D eigenvalue weighted by Crippen LogP contribution is -2.36. The van der Waals surface area contributed by atoms with Gasteiger partial charge >= 0.3 is 5.97 Å². The molecule has 1 aromatic carbocycles. The highest BCUT2D eigenvalue weighted by Crippen LogP contribution is 2.38. The predicted octanol–water partition coefficient (Wildman–Crippen LogP) is 4.63. The molecule has 0 aliphatic heterocycles. The normalized spacial score (nSPS) is 17.9. The second-order valence-corrected chi connectivity index (χ2v) is 7.97. The fraction of sp³-hybridized carbons (Fsp3) is 0.320. The second-order valence-electron chi connectivity index (χ2n) is 7.97. The van der Waals surface area contributed by atoms with Crippen molar-refractivity contribution in [2.45, 2.75) is 39.7 Å². The number of likely N-dealkylation sites (N-methyl/N-ethyl adjacent to an activating group) is 1. The summed E-state index contributed by atoms with van der Waals surface area (Å²) in [6, 6.07) is 11.3. The molecular weight excluding hydrogens is 392 g/mol. The number of allylic oxidation sites excluding steroid dienone is 1. The third-order valence-electron chi connectivity index (χ3n) is 5.49. The van der Waals surface area contributed by atoms with Crippen molar-refractivity contribution in [3.63, 3.8) is 0 Å². The maximum Gasteiger partial charge on any atom is 0.339 e. The Hall–Kier alpha value is -3.41. The molecule has 1 N–H and O–H groups in total. The lowest BCUT2D eigenvalue weighted by Gasteiger charge is -2.26. The number of amides is 1. The van der Waals surface area contributed by atoms with Crippen molar-refractivity contribution < 1.29 is 18.7 Å². The maximum atomic E-state index is 13.3. The minimum Gasteiger partial charge on any atom is -0.465 e. The summed E-state index contributed by atoms with van der Waals surface area (Å²) in [6.07, 6.45) is 4.29. The van der Waals surface area contributed by atoms with Crippen LogP contribution in [0.1, 0.15) is 54.6 Å². The van der Waals surface area contributed by atoms with Crippen molar-refractivity contribution in [3.8, 4) is 0 Å². The van der Waals surface area contributed by atoms with Crippen molar-refractivity contribution in [2.75, 3.05) is 6.54 Å². The van der Waals surface area contributed by atoms with Crippen LogP contribution < -0.4 is 5.32 Å². The van der Waals surface area contributed by atoms with E-state index < -0.39 is 12.1 Å². The van der Waals surface area contributed by atoms with Gasteiger partial charge in [0.15, 0.2) is 6.10 Å². The average Bonchev–Trinajstić information content (AvgIpc) is 3.25. The number of pyridine rings is 1. The molecule has 3 aromatic rings. The van der Waals surface area contributed by atoms with Gasteiger partial charge in [-0.15, -0.1) is 0 Å². The number of carbonyl (C=O) groups excluding carboxylic acids is 2. The van der Waals surface area contributed by atoms with Crippen LogP contribution in [0.2, 0.25) is 0 Å². The Morgan fingerprint density at radius 3 is 2.81 bits per heavy atom. The van der Waals surface area contributed by atoms with Gasteiger partial charge in [-0.05, 0) is 68.0 Å². The van der Waals surface area contributed by atoms with E-state index in [4.69, 9.17) is 14.1 Å². The van der Waals surface area contributed by atoms with Gasteiger partial charge in [0, 0.05) is 11.9 Å². The van der Waals surface area contributed by atoms with Crippen LogP contribution in [0.3, 0.4) is 0 Å². The quantitative estimate of drug-likeness (QED) is 0.611. The molecule has 0 bridgehead atoms. The highest BCUT2D eigenvalue weighted by atomic mass is 16.5. The molecule has 2 atom stereocenters. The first-order chi connectivity index (χ1) is 15.0. The number of ether oxygens (including phenoxy) is 1. The monoisotopic (exact) mass is 418 g/mol. The van der Waals surface area contributed by atoms with Crippen LogP contribution in [-0.4, -0.2) is 29.5 Å². The van der Waals surface area contributed by atoms with E-state index in [9.17, 15) is 9.59 Å². The van der Waals surface area contributed by atoms with Gasteiger partial charge in [0.2, 0.25) is 0 Å². The number of fused-ring (bicyclic) bond motifs is 2. The van der Waals surface area contributed by atoms with Gasteiger partial charge in [0.1, 0.15) is 5.76 Å². The summed E-state index contributed by atoms with van der Waals surface area (Å²) in [5.74, 6) is 0.262. The van der Waals surface area contributed by atoms with Crippen LogP contribution in [0.25, 0.3) is 22.6 Å². The fourth-order valence-electron chi connectivity index (χ4n) is 4.11. The standard InChI is InChI=1S/C25H26N2O4/c1-4-26-24(28)16(3)31-25(29)22-19-9-5-6-10-21(19)27-23-17(12-15(2)13-20(22)23)14-18-8-7-11-30-18/h5-11,14-16H,4,12-13H2,1-3H3,(H,26,28)/b17-14-/t15-,16+/m1/s1. The average molecular weight is 418 g/mol. The van der Waals surface area contributed by atoms with E-state index in [-0.39, 0.29) is 5.91 Å². The van der Waals surface area contributed by atoms with Gasteiger partial charge < -0.3 is 14.5 Å². The number of carbonyl (C=O) groups is 2. The van der Waals surface area contributed by atoms with Crippen molar-refractivity contribution in [1.29, 1.82) is 0 Å². The first kappa shape index (κ1) is 20.8. The largest absolute Gasteiger partial charge is 0.465 e. The van der Waals surface area contributed by atoms with Gasteiger partial charge in [0.25, 0.3) is 5.91 Å². The number of para-hydroxylation sites is 1. The summed E-state index contributed by atoms with van der Waals surface area (Å²) >= 11 is 0. The Morgan fingerprint density at radius 2 is 2.06 bits per heavy atom. The Kier molecular flexibility index (Phi) is 5.89. The zero-order valence-electron chi connectivity index (χ0n) is 18.0. The highest BCUT2D eigenvalue weighted by molar-refractivity contribution is 6.07. The van der Waals surface area contributed by atoms with E-state index in [0.29, 0.717) is 24.4 Å². The van der Waals surface area contributed by atoms with E-state index in [1.54, 1.807) is 13.2 Å². The smallest absolute Gasteiger partial charge is 0.339 e. The second kappa shape index (κ2) is 8.76. The van der Waals surface area contributed by atoms with Gasteiger partial charge in [-0.1, -0.05) is 25.1 Å². The third kappa shape index (κ3) is 4.24. The fourth-order valence-corrected chi connectivity index (χ4v) is 4.11. The molecular formula is C25H26N2O4. The molecule has 0 radical (unpaired) electrons. The lowest BCUT2D eigenvalue weighted by atomic mass is 9.81.